The van der Waals surface area contributed by atoms with E-state index in [0.717, 1.165) is 0 Å². The smallest absolute Gasteiger partial charge is 0.312 e. The molecule has 1 heterocycles. The first-order chi connectivity index (χ1) is 12.7. The van der Waals surface area contributed by atoms with Crippen LogP contribution in [0.2, 0.25) is 5.02 Å². The van der Waals surface area contributed by atoms with Crippen LogP contribution in [0.25, 0.3) is 0 Å². The van der Waals surface area contributed by atoms with Gasteiger partial charge in [0.05, 0.1) is 18.2 Å². The van der Waals surface area contributed by atoms with Crippen LogP contribution in [-0.4, -0.2) is 49.5 Å². The second kappa shape index (κ2) is 9.38. The first kappa shape index (κ1) is 21.5. The zero-order valence-corrected chi connectivity index (χ0v) is 16.7. The topological polar surface area (TPSA) is 122 Å². The Hall–Kier alpha value is -1.84. The number of amides is 3. The van der Waals surface area contributed by atoms with E-state index in [1.54, 1.807) is 31.2 Å². The number of halogens is 1. The molecule has 10 heteroatoms. The minimum Gasteiger partial charge on any atom is -0.353 e. The SMILES string of the molecule is CCS(=O)(=O)N1CCC(NC(=O)CC(NC(N)=O)c2ccccc2Cl)CC1. The number of urea groups is 1. The van der Waals surface area contributed by atoms with Crippen molar-refractivity contribution in [2.24, 2.45) is 5.73 Å². The number of carbonyl (C=O) groups excluding carboxylic acids is 2. The number of nitrogens with one attached hydrogen (secondary N) is 2. The summed E-state index contributed by atoms with van der Waals surface area (Å²) in [6.45, 7) is 2.38. The van der Waals surface area contributed by atoms with Crippen molar-refractivity contribution in [2.45, 2.75) is 38.3 Å². The Labute approximate surface area is 164 Å². The highest BCUT2D eigenvalue weighted by Crippen LogP contribution is 2.25. The lowest BCUT2D eigenvalue weighted by Gasteiger charge is -2.31. The number of carbonyl (C=O) groups is 2. The second-order valence-electron chi connectivity index (χ2n) is 6.43. The summed E-state index contributed by atoms with van der Waals surface area (Å²) >= 11 is 6.16. The summed E-state index contributed by atoms with van der Waals surface area (Å²) in [4.78, 5) is 23.7. The molecule has 1 aromatic rings. The van der Waals surface area contributed by atoms with Crippen LogP contribution in [0.3, 0.4) is 0 Å². The molecule has 3 amide bonds. The molecule has 0 radical (unpaired) electrons. The number of sulfonamides is 1. The Morgan fingerprint density at radius 2 is 1.93 bits per heavy atom. The van der Waals surface area contributed by atoms with Crippen LogP contribution >= 0.6 is 11.6 Å². The van der Waals surface area contributed by atoms with Crippen molar-refractivity contribution in [3.8, 4) is 0 Å². The average molecular weight is 417 g/mol. The van der Waals surface area contributed by atoms with Gasteiger partial charge >= 0.3 is 6.03 Å². The molecule has 8 nitrogen and oxygen atoms in total. The van der Waals surface area contributed by atoms with Gasteiger partial charge in [-0.3, -0.25) is 4.79 Å². The molecular weight excluding hydrogens is 392 g/mol. The lowest BCUT2D eigenvalue weighted by atomic mass is 10.0. The summed E-state index contributed by atoms with van der Waals surface area (Å²) < 4.78 is 25.2. The van der Waals surface area contributed by atoms with E-state index >= 15 is 0 Å². The van der Waals surface area contributed by atoms with Gasteiger partial charge in [0.15, 0.2) is 0 Å². The van der Waals surface area contributed by atoms with Gasteiger partial charge in [0, 0.05) is 24.2 Å². The molecule has 1 unspecified atom stereocenters. The Balaban J connectivity index is 1.95. The number of nitrogens with two attached hydrogens (primary N) is 1. The van der Waals surface area contributed by atoms with E-state index in [4.69, 9.17) is 17.3 Å². The molecule has 2 rings (SSSR count). The third kappa shape index (κ3) is 6.08. The zero-order valence-electron chi connectivity index (χ0n) is 15.2. The van der Waals surface area contributed by atoms with Gasteiger partial charge < -0.3 is 16.4 Å². The van der Waals surface area contributed by atoms with E-state index in [1.165, 1.54) is 4.31 Å². The maximum atomic E-state index is 12.4. The second-order valence-corrected chi connectivity index (χ2v) is 9.09. The first-order valence-corrected chi connectivity index (χ1v) is 10.8. The average Bonchev–Trinajstić information content (AvgIpc) is 2.61. The maximum absolute atomic E-state index is 12.4. The standard InChI is InChI=1S/C17H25ClN4O4S/c1-2-27(25,26)22-9-7-12(8-10-22)20-16(23)11-15(21-17(19)24)13-5-3-4-6-14(13)18/h3-6,12,15H,2,7-11H2,1H3,(H,20,23)(H3,19,21,24). The Morgan fingerprint density at radius 1 is 1.30 bits per heavy atom. The highest BCUT2D eigenvalue weighted by molar-refractivity contribution is 7.89. The van der Waals surface area contributed by atoms with Gasteiger partial charge in [-0.25, -0.2) is 17.5 Å². The van der Waals surface area contributed by atoms with Gasteiger partial charge in [0.2, 0.25) is 15.9 Å². The van der Waals surface area contributed by atoms with E-state index in [1.807, 2.05) is 0 Å². The Morgan fingerprint density at radius 3 is 2.48 bits per heavy atom. The molecule has 0 aliphatic carbocycles. The van der Waals surface area contributed by atoms with E-state index in [9.17, 15) is 18.0 Å². The highest BCUT2D eigenvalue weighted by Gasteiger charge is 2.28. The number of primary amides is 1. The largest absolute Gasteiger partial charge is 0.353 e. The number of hydrogen-bond donors (Lipinski definition) is 3. The number of piperidine rings is 1. The van der Waals surface area contributed by atoms with E-state index in [2.05, 4.69) is 10.6 Å². The van der Waals surface area contributed by atoms with Gasteiger partial charge in [-0.05, 0) is 31.4 Å². The summed E-state index contributed by atoms with van der Waals surface area (Å²) in [6.07, 6.45) is 1.08. The van der Waals surface area contributed by atoms with Crippen LogP contribution in [0.15, 0.2) is 24.3 Å². The zero-order chi connectivity index (χ0) is 20.0. The summed E-state index contributed by atoms with van der Waals surface area (Å²) in [7, 11) is -3.20. The number of rotatable bonds is 7. The molecule has 1 fully saturated rings. The quantitative estimate of drug-likeness (QED) is 0.621. The maximum Gasteiger partial charge on any atom is 0.312 e. The van der Waals surface area contributed by atoms with E-state index in [-0.39, 0.29) is 24.1 Å². The summed E-state index contributed by atoms with van der Waals surface area (Å²) in [5, 5.41) is 5.88. The van der Waals surface area contributed by atoms with Crippen LogP contribution < -0.4 is 16.4 Å². The molecule has 1 aromatic carbocycles. The molecular formula is C17H25ClN4O4S. The van der Waals surface area contributed by atoms with Crippen LogP contribution in [0.1, 0.15) is 37.8 Å². The van der Waals surface area contributed by atoms with Gasteiger partial charge in [-0.1, -0.05) is 29.8 Å². The van der Waals surface area contributed by atoms with Gasteiger partial charge in [-0.15, -0.1) is 0 Å². The first-order valence-electron chi connectivity index (χ1n) is 8.80. The molecule has 0 bridgehead atoms. The summed E-state index contributed by atoms with van der Waals surface area (Å²) in [6, 6.07) is 5.42. The number of hydrogen-bond acceptors (Lipinski definition) is 4. The molecule has 150 valence electrons. The van der Waals surface area contributed by atoms with Gasteiger partial charge in [-0.2, -0.15) is 0 Å². The minimum atomic E-state index is -3.20. The molecule has 4 N–H and O–H groups in total. The lowest BCUT2D eigenvalue weighted by Crippen LogP contribution is -2.47. The molecule has 0 spiro atoms. The van der Waals surface area contributed by atoms with Gasteiger partial charge in [0.25, 0.3) is 0 Å². The fourth-order valence-corrected chi connectivity index (χ4v) is 4.50. The monoisotopic (exact) mass is 416 g/mol. The normalized spacial score (nSPS) is 17.3. The Kier molecular flexibility index (Phi) is 7.46. The third-order valence-electron chi connectivity index (χ3n) is 4.56. The lowest BCUT2D eigenvalue weighted by molar-refractivity contribution is -0.122. The van der Waals surface area contributed by atoms with Crippen molar-refractivity contribution in [2.75, 3.05) is 18.8 Å². The molecule has 1 aliphatic heterocycles. The Bertz CT molecular complexity index is 779. The van der Waals surface area contributed by atoms with Crippen molar-refractivity contribution in [3.05, 3.63) is 34.9 Å². The molecule has 1 atom stereocenters. The van der Waals surface area contributed by atoms with Crippen LogP contribution in [0.4, 0.5) is 4.79 Å². The fraction of sp³-hybridized carbons (Fsp3) is 0.529. The molecule has 0 saturated carbocycles. The predicted molar refractivity (Wildman–Crippen MR) is 104 cm³/mol. The van der Waals surface area contributed by atoms with Crippen molar-refractivity contribution in [1.29, 1.82) is 0 Å². The number of benzene rings is 1. The van der Waals surface area contributed by atoms with Crippen LogP contribution in [-0.2, 0) is 14.8 Å². The van der Waals surface area contributed by atoms with Crippen LogP contribution in [0.5, 0.6) is 0 Å². The molecule has 1 aliphatic rings. The molecule has 0 aromatic heterocycles. The van der Waals surface area contributed by atoms with E-state index in [0.29, 0.717) is 36.5 Å². The number of nitrogens with zero attached hydrogens (tertiary/aromatic N) is 1. The van der Waals surface area contributed by atoms with Crippen molar-refractivity contribution >= 4 is 33.6 Å². The van der Waals surface area contributed by atoms with Crippen molar-refractivity contribution < 1.29 is 18.0 Å². The van der Waals surface area contributed by atoms with Gasteiger partial charge in [0.1, 0.15) is 0 Å². The summed E-state index contributed by atoms with van der Waals surface area (Å²) in [5.41, 5.74) is 5.83. The predicted octanol–water partition coefficient (Wildman–Crippen LogP) is 1.37. The van der Waals surface area contributed by atoms with Crippen molar-refractivity contribution in [1.82, 2.24) is 14.9 Å². The van der Waals surface area contributed by atoms with Crippen LogP contribution in [0, 0.1) is 0 Å². The third-order valence-corrected chi connectivity index (χ3v) is 6.79. The summed E-state index contributed by atoms with van der Waals surface area (Å²) in [5.74, 6) is -0.187. The van der Waals surface area contributed by atoms with E-state index < -0.39 is 22.1 Å². The molecule has 27 heavy (non-hydrogen) atoms. The fourth-order valence-electron chi connectivity index (χ4n) is 3.10. The molecule has 1 saturated heterocycles. The minimum absolute atomic E-state index is 0.0137. The van der Waals surface area contributed by atoms with Crippen molar-refractivity contribution in [3.63, 3.8) is 0 Å². The highest BCUT2D eigenvalue weighted by atomic mass is 35.5.